The first-order valence-electron chi connectivity index (χ1n) is 8.49. The van der Waals surface area contributed by atoms with Gasteiger partial charge in [0.15, 0.2) is 5.82 Å². The second kappa shape index (κ2) is 7.26. The van der Waals surface area contributed by atoms with Crippen molar-refractivity contribution in [2.75, 3.05) is 25.5 Å². The van der Waals surface area contributed by atoms with Crippen molar-refractivity contribution in [3.8, 4) is 0 Å². The standard InChI is InChI=1S/C18H22FN7O/c1-18(2,9-23-17-21-5-12(19)6-22-17)10-25(3)16(27)13-7-20-8-14-15(13)26(4)11-24-14/h5-8,11H,9-10H2,1-4H3,(H,21,22,23). The molecule has 3 heterocycles. The van der Waals surface area contributed by atoms with Gasteiger partial charge in [-0.05, 0) is 5.41 Å². The van der Waals surface area contributed by atoms with E-state index in [9.17, 15) is 9.18 Å². The molecule has 0 aliphatic heterocycles. The molecule has 0 saturated carbocycles. The fourth-order valence-electron chi connectivity index (χ4n) is 2.97. The lowest BCUT2D eigenvalue weighted by Crippen LogP contribution is -2.39. The number of nitrogens with one attached hydrogen (secondary N) is 1. The van der Waals surface area contributed by atoms with E-state index in [0.29, 0.717) is 30.1 Å². The third-order valence-electron chi connectivity index (χ3n) is 4.21. The van der Waals surface area contributed by atoms with Crippen LogP contribution in [0.3, 0.4) is 0 Å². The highest BCUT2D eigenvalue weighted by atomic mass is 19.1. The van der Waals surface area contributed by atoms with E-state index < -0.39 is 5.82 Å². The molecule has 3 aromatic heterocycles. The highest BCUT2D eigenvalue weighted by Crippen LogP contribution is 2.21. The minimum Gasteiger partial charge on any atom is -0.354 e. The second-order valence-electron chi connectivity index (χ2n) is 7.31. The molecular formula is C18H22FN7O. The lowest BCUT2D eigenvalue weighted by molar-refractivity contribution is 0.0744. The van der Waals surface area contributed by atoms with Crippen LogP contribution in [-0.4, -0.2) is 55.4 Å². The maximum absolute atomic E-state index is 13.0. The van der Waals surface area contributed by atoms with Crippen molar-refractivity contribution in [2.45, 2.75) is 13.8 Å². The number of anilines is 1. The molecule has 3 rings (SSSR count). The minimum atomic E-state index is -0.483. The molecule has 1 amide bonds. The van der Waals surface area contributed by atoms with Crippen molar-refractivity contribution in [1.29, 1.82) is 0 Å². The second-order valence-corrected chi connectivity index (χ2v) is 7.31. The Kier molecular flexibility index (Phi) is 5.02. The Bertz CT molecular complexity index is 952. The number of imidazole rings is 1. The number of hydrogen-bond acceptors (Lipinski definition) is 6. The molecule has 142 valence electrons. The van der Waals surface area contributed by atoms with Gasteiger partial charge in [0.05, 0.1) is 36.0 Å². The number of pyridine rings is 1. The van der Waals surface area contributed by atoms with E-state index in [4.69, 9.17) is 0 Å². The van der Waals surface area contributed by atoms with Gasteiger partial charge in [0, 0.05) is 33.4 Å². The fraction of sp³-hybridized carbons (Fsp3) is 0.389. The summed E-state index contributed by atoms with van der Waals surface area (Å²) in [5.41, 5.74) is 1.69. The normalized spacial score (nSPS) is 11.6. The summed E-state index contributed by atoms with van der Waals surface area (Å²) >= 11 is 0. The monoisotopic (exact) mass is 371 g/mol. The average molecular weight is 371 g/mol. The van der Waals surface area contributed by atoms with Gasteiger partial charge in [0.1, 0.15) is 5.52 Å². The summed E-state index contributed by atoms with van der Waals surface area (Å²) in [4.78, 5) is 30.8. The van der Waals surface area contributed by atoms with Gasteiger partial charge in [-0.25, -0.2) is 19.3 Å². The van der Waals surface area contributed by atoms with Gasteiger partial charge < -0.3 is 14.8 Å². The number of rotatable bonds is 6. The van der Waals surface area contributed by atoms with Crippen LogP contribution < -0.4 is 5.32 Å². The van der Waals surface area contributed by atoms with Crippen LogP contribution in [-0.2, 0) is 7.05 Å². The molecule has 0 aliphatic rings. The van der Waals surface area contributed by atoms with Crippen LogP contribution in [0.4, 0.5) is 10.3 Å². The lowest BCUT2D eigenvalue weighted by Gasteiger charge is -2.30. The summed E-state index contributed by atoms with van der Waals surface area (Å²) in [5, 5.41) is 3.08. The van der Waals surface area contributed by atoms with Crippen LogP contribution in [0.15, 0.2) is 31.1 Å². The first-order chi connectivity index (χ1) is 12.8. The van der Waals surface area contributed by atoms with Crippen LogP contribution in [0.2, 0.25) is 0 Å². The molecule has 0 fully saturated rings. The molecule has 0 spiro atoms. The van der Waals surface area contributed by atoms with Crippen molar-refractivity contribution in [2.24, 2.45) is 12.5 Å². The van der Waals surface area contributed by atoms with Crippen molar-refractivity contribution in [3.63, 3.8) is 0 Å². The maximum Gasteiger partial charge on any atom is 0.257 e. The van der Waals surface area contributed by atoms with E-state index in [2.05, 4.69) is 25.3 Å². The Morgan fingerprint density at radius 1 is 1.22 bits per heavy atom. The Morgan fingerprint density at radius 2 is 1.93 bits per heavy atom. The molecule has 0 unspecified atom stereocenters. The van der Waals surface area contributed by atoms with Crippen molar-refractivity contribution < 1.29 is 9.18 Å². The van der Waals surface area contributed by atoms with Crippen molar-refractivity contribution >= 4 is 22.9 Å². The van der Waals surface area contributed by atoms with Crippen molar-refractivity contribution in [1.82, 2.24) is 29.4 Å². The van der Waals surface area contributed by atoms with Gasteiger partial charge in [-0.15, -0.1) is 0 Å². The number of aromatic nitrogens is 5. The highest BCUT2D eigenvalue weighted by molar-refractivity contribution is 6.04. The summed E-state index contributed by atoms with van der Waals surface area (Å²) in [6.07, 6.45) is 7.10. The summed E-state index contributed by atoms with van der Waals surface area (Å²) < 4.78 is 14.7. The van der Waals surface area contributed by atoms with E-state index in [0.717, 1.165) is 17.9 Å². The summed E-state index contributed by atoms with van der Waals surface area (Å²) in [7, 11) is 3.61. The number of carbonyl (C=O) groups is 1. The third-order valence-corrected chi connectivity index (χ3v) is 4.21. The summed E-state index contributed by atoms with van der Waals surface area (Å²) in [6, 6.07) is 0. The maximum atomic E-state index is 13.0. The van der Waals surface area contributed by atoms with E-state index in [1.165, 1.54) is 0 Å². The average Bonchev–Trinajstić information content (AvgIpc) is 3.01. The third kappa shape index (κ3) is 4.18. The summed E-state index contributed by atoms with van der Waals surface area (Å²) in [5.74, 6) is -0.256. The SMILES string of the molecule is CN(CC(C)(C)CNc1ncc(F)cn1)C(=O)c1cncc2ncn(C)c12. The van der Waals surface area contributed by atoms with Gasteiger partial charge in [-0.3, -0.25) is 9.78 Å². The zero-order chi connectivity index (χ0) is 19.6. The number of aryl methyl sites for hydroxylation is 1. The van der Waals surface area contributed by atoms with E-state index >= 15 is 0 Å². The van der Waals surface area contributed by atoms with Gasteiger partial charge in [-0.2, -0.15) is 0 Å². The molecule has 27 heavy (non-hydrogen) atoms. The molecule has 0 aromatic carbocycles. The Morgan fingerprint density at radius 3 is 2.63 bits per heavy atom. The molecule has 0 bridgehead atoms. The molecule has 9 heteroatoms. The fourth-order valence-corrected chi connectivity index (χ4v) is 2.97. The van der Waals surface area contributed by atoms with Crippen LogP contribution >= 0.6 is 0 Å². The Hall–Kier alpha value is -3.10. The Labute approximate surface area is 156 Å². The highest BCUT2D eigenvalue weighted by Gasteiger charge is 2.25. The van der Waals surface area contributed by atoms with E-state index in [1.807, 2.05) is 25.5 Å². The molecule has 0 radical (unpaired) electrons. The molecule has 8 nitrogen and oxygen atoms in total. The molecule has 0 saturated heterocycles. The molecule has 0 atom stereocenters. The number of halogens is 1. The number of fused-ring (bicyclic) bond motifs is 1. The zero-order valence-electron chi connectivity index (χ0n) is 15.8. The molecule has 3 aromatic rings. The number of amides is 1. The largest absolute Gasteiger partial charge is 0.354 e. The van der Waals surface area contributed by atoms with Gasteiger partial charge in [-0.1, -0.05) is 13.8 Å². The van der Waals surface area contributed by atoms with Crippen LogP contribution in [0.5, 0.6) is 0 Å². The van der Waals surface area contributed by atoms with Crippen molar-refractivity contribution in [3.05, 3.63) is 42.5 Å². The summed E-state index contributed by atoms with van der Waals surface area (Å²) in [6.45, 7) is 5.06. The number of hydrogen-bond donors (Lipinski definition) is 1. The van der Waals surface area contributed by atoms with Gasteiger partial charge >= 0.3 is 0 Å². The first kappa shape index (κ1) is 18.7. The van der Waals surface area contributed by atoms with Crippen LogP contribution in [0.25, 0.3) is 11.0 Å². The van der Waals surface area contributed by atoms with Gasteiger partial charge in [0.2, 0.25) is 5.95 Å². The smallest absolute Gasteiger partial charge is 0.257 e. The van der Waals surface area contributed by atoms with Crippen LogP contribution in [0.1, 0.15) is 24.2 Å². The minimum absolute atomic E-state index is 0.122. The van der Waals surface area contributed by atoms with E-state index in [-0.39, 0.29) is 11.3 Å². The molecule has 0 aliphatic carbocycles. The van der Waals surface area contributed by atoms with Gasteiger partial charge in [0.25, 0.3) is 5.91 Å². The quantitative estimate of drug-likeness (QED) is 0.714. The zero-order valence-corrected chi connectivity index (χ0v) is 15.8. The number of nitrogens with zero attached hydrogens (tertiary/aromatic N) is 6. The first-order valence-corrected chi connectivity index (χ1v) is 8.49. The topological polar surface area (TPSA) is 88.8 Å². The Balaban J connectivity index is 1.69. The predicted molar refractivity (Wildman–Crippen MR) is 99.7 cm³/mol. The van der Waals surface area contributed by atoms with E-state index in [1.54, 1.807) is 30.7 Å². The lowest BCUT2D eigenvalue weighted by atomic mass is 9.92. The molecule has 1 N–H and O–H groups in total. The number of carbonyl (C=O) groups excluding carboxylic acids is 1. The van der Waals surface area contributed by atoms with Crippen LogP contribution in [0, 0.1) is 11.2 Å². The predicted octanol–water partition coefficient (Wildman–Crippen LogP) is 2.11. The molecular weight excluding hydrogens is 349 g/mol.